The molecule has 0 aliphatic heterocycles. The monoisotopic (exact) mass is 254 g/mol. The highest BCUT2D eigenvalue weighted by Gasteiger charge is 2.41. The third kappa shape index (κ3) is 3.62. The summed E-state index contributed by atoms with van der Waals surface area (Å²) in [7, 11) is 1.42. The molecule has 1 N–H and O–H groups in total. The first-order chi connectivity index (χ1) is 8.68. The lowest BCUT2D eigenvalue weighted by atomic mass is 9.75. The summed E-state index contributed by atoms with van der Waals surface area (Å²) in [5.41, 5.74) is 7.65. The molecule has 1 aliphatic rings. The average molecular weight is 254 g/mol. The predicted molar refractivity (Wildman–Crippen MR) is 69.0 cm³/mol. The molecule has 0 radical (unpaired) electrons. The zero-order valence-corrected chi connectivity index (χ0v) is 11.2. The molecule has 18 heavy (non-hydrogen) atoms. The van der Waals surface area contributed by atoms with Crippen LogP contribution in [0.2, 0.25) is 0 Å². The van der Waals surface area contributed by atoms with Crippen LogP contribution in [-0.2, 0) is 9.53 Å². The van der Waals surface area contributed by atoms with Gasteiger partial charge in [0.15, 0.2) is 0 Å². The number of methoxy groups -OCH3 is 1. The fraction of sp³-hybridized carbons (Fsp3) is 0.917. The second-order valence-electron chi connectivity index (χ2n) is 4.81. The SMILES string of the molecule is CCC1CCC(NCCN=[N+]=[N-])(C(=O)OC)CC1. The molecule has 1 rings (SSSR count). The number of nitrogens with one attached hydrogen (secondary N) is 1. The van der Waals surface area contributed by atoms with Gasteiger partial charge in [0.1, 0.15) is 5.54 Å². The molecule has 0 saturated heterocycles. The summed E-state index contributed by atoms with van der Waals surface area (Å²) < 4.78 is 4.91. The Kier molecular flexibility index (Phi) is 5.95. The molecular formula is C12H22N4O2. The summed E-state index contributed by atoms with van der Waals surface area (Å²) in [6.07, 6.45) is 4.85. The largest absolute Gasteiger partial charge is 0.468 e. The van der Waals surface area contributed by atoms with Gasteiger partial charge in [-0.1, -0.05) is 18.5 Å². The summed E-state index contributed by atoms with van der Waals surface area (Å²) >= 11 is 0. The van der Waals surface area contributed by atoms with Gasteiger partial charge in [0.05, 0.1) is 7.11 Å². The van der Waals surface area contributed by atoms with Crippen molar-refractivity contribution < 1.29 is 9.53 Å². The maximum absolute atomic E-state index is 12.0. The van der Waals surface area contributed by atoms with E-state index in [1.54, 1.807) is 0 Å². The van der Waals surface area contributed by atoms with Crippen LogP contribution in [0.3, 0.4) is 0 Å². The van der Waals surface area contributed by atoms with Gasteiger partial charge in [-0.05, 0) is 37.1 Å². The van der Waals surface area contributed by atoms with E-state index in [1.807, 2.05) is 0 Å². The first-order valence-corrected chi connectivity index (χ1v) is 6.53. The van der Waals surface area contributed by atoms with Crippen LogP contribution in [0.4, 0.5) is 0 Å². The van der Waals surface area contributed by atoms with E-state index >= 15 is 0 Å². The van der Waals surface area contributed by atoms with Crippen LogP contribution in [0.1, 0.15) is 39.0 Å². The lowest BCUT2D eigenvalue weighted by Gasteiger charge is -2.38. The van der Waals surface area contributed by atoms with E-state index in [-0.39, 0.29) is 5.97 Å². The molecule has 6 heteroatoms. The number of carbonyl (C=O) groups excluding carboxylic acids is 1. The van der Waals surface area contributed by atoms with Crippen molar-refractivity contribution in [2.45, 2.75) is 44.6 Å². The number of rotatable bonds is 6. The number of azide groups is 1. The van der Waals surface area contributed by atoms with Gasteiger partial charge in [-0.3, -0.25) is 4.79 Å². The van der Waals surface area contributed by atoms with Crippen LogP contribution < -0.4 is 5.32 Å². The number of hydrogen-bond acceptors (Lipinski definition) is 4. The molecule has 102 valence electrons. The highest BCUT2D eigenvalue weighted by atomic mass is 16.5. The minimum atomic E-state index is -0.578. The minimum Gasteiger partial charge on any atom is -0.468 e. The Balaban J connectivity index is 2.60. The molecular weight excluding hydrogens is 232 g/mol. The van der Waals surface area contributed by atoms with Gasteiger partial charge in [-0.25, -0.2) is 0 Å². The van der Waals surface area contributed by atoms with Gasteiger partial charge >= 0.3 is 5.97 Å². The number of hydrogen-bond donors (Lipinski definition) is 1. The Bertz CT molecular complexity index is 318. The first kappa shape index (κ1) is 14.8. The van der Waals surface area contributed by atoms with Crippen LogP contribution in [0.25, 0.3) is 10.4 Å². The highest BCUT2D eigenvalue weighted by molar-refractivity contribution is 5.80. The lowest BCUT2D eigenvalue weighted by Crippen LogP contribution is -2.55. The topological polar surface area (TPSA) is 87.1 Å². The molecule has 6 nitrogen and oxygen atoms in total. The zero-order chi connectivity index (χ0) is 13.4. The summed E-state index contributed by atoms with van der Waals surface area (Å²) in [4.78, 5) is 14.7. The van der Waals surface area contributed by atoms with Crippen LogP contribution in [0.15, 0.2) is 5.11 Å². The van der Waals surface area contributed by atoms with Crippen molar-refractivity contribution in [3.05, 3.63) is 10.4 Å². The molecule has 0 unspecified atom stereocenters. The molecule has 1 fully saturated rings. The van der Waals surface area contributed by atoms with E-state index in [1.165, 1.54) is 7.11 Å². The Morgan fingerprint density at radius 1 is 1.56 bits per heavy atom. The molecule has 0 amide bonds. The average Bonchev–Trinajstić information content (AvgIpc) is 2.43. The summed E-state index contributed by atoms with van der Waals surface area (Å²) in [6.45, 7) is 3.05. The molecule has 0 atom stereocenters. The van der Waals surface area contributed by atoms with Crippen molar-refractivity contribution in [2.75, 3.05) is 20.2 Å². The highest BCUT2D eigenvalue weighted by Crippen LogP contribution is 2.34. The molecule has 0 heterocycles. The van der Waals surface area contributed by atoms with Gasteiger partial charge in [-0.15, -0.1) is 0 Å². The Morgan fingerprint density at radius 3 is 2.72 bits per heavy atom. The maximum atomic E-state index is 12.0. The third-order valence-corrected chi connectivity index (χ3v) is 3.85. The van der Waals surface area contributed by atoms with Crippen LogP contribution >= 0.6 is 0 Å². The Hall–Kier alpha value is -1.26. The van der Waals surface area contributed by atoms with E-state index in [9.17, 15) is 4.79 Å². The lowest BCUT2D eigenvalue weighted by molar-refractivity contribution is -0.150. The fourth-order valence-corrected chi connectivity index (χ4v) is 2.62. The number of ether oxygens (including phenoxy) is 1. The zero-order valence-electron chi connectivity index (χ0n) is 11.2. The number of nitrogens with zero attached hydrogens (tertiary/aromatic N) is 3. The molecule has 0 aromatic carbocycles. The van der Waals surface area contributed by atoms with Crippen LogP contribution in [0, 0.1) is 5.92 Å². The van der Waals surface area contributed by atoms with E-state index < -0.39 is 5.54 Å². The van der Waals surface area contributed by atoms with E-state index in [0.717, 1.165) is 32.1 Å². The quantitative estimate of drug-likeness (QED) is 0.259. The molecule has 0 aromatic rings. The summed E-state index contributed by atoms with van der Waals surface area (Å²) in [5, 5.41) is 6.70. The minimum absolute atomic E-state index is 0.196. The van der Waals surface area contributed by atoms with Crippen molar-refractivity contribution in [2.24, 2.45) is 11.0 Å². The van der Waals surface area contributed by atoms with Crippen molar-refractivity contribution in [3.8, 4) is 0 Å². The molecule has 0 aromatic heterocycles. The van der Waals surface area contributed by atoms with E-state index in [4.69, 9.17) is 10.3 Å². The normalized spacial score (nSPS) is 27.3. The Labute approximate surface area is 108 Å². The van der Waals surface area contributed by atoms with Crippen LogP contribution in [0.5, 0.6) is 0 Å². The van der Waals surface area contributed by atoms with Gasteiger partial charge in [0.25, 0.3) is 0 Å². The number of carbonyl (C=O) groups is 1. The van der Waals surface area contributed by atoms with Crippen molar-refractivity contribution in [1.82, 2.24) is 5.32 Å². The molecule has 1 saturated carbocycles. The summed E-state index contributed by atoms with van der Waals surface area (Å²) in [6, 6.07) is 0. The number of esters is 1. The van der Waals surface area contributed by atoms with E-state index in [0.29, 0.717) is 19.0 Å². The summed E-state index contributed by atoms with van der Waals surface area (Å²) in [5.74, 6) is 0.514. The fourth-order valence-electron chi connectivity index (χ4n) is 2.62. The third-order valence-electron chi connectivity index (χ3n) is 3.85. The molecule has 1 aliphatic carbocycles. The van der Waals surface area contributed by atoms with Crippen LogP contribution in [-0.4, -0.2) is 31.7 Å². The second kappa shape index (κ2) is 7.24. The standard InChI is InChI=1S/C12H22N4O2/c1-3-10-4-6-12(7-5-10,11(17)18-2)14-8-9-15-16-13/h10,14H,3-9H2,1-2H3. The van der Waals surface area contributed by atoms with E-state index in [2.05, 4.69) is 22.3 Å². The molecule has 0 bridgehead atoms. The van der Waals surface area contributed by atoms with Gasteiger partial charge in [0, 0.05) is 18.0 Å². The van der Waals surface area contributed by atoms with Crippen molar-refractivity contribution in [1.29, 1.82) is 0 Å². The van der Waals surface area contributed by atoms with Crippen molar-refractivity contribution >= 4 is 5.97 Å². The Morgan fingerprint density at radius 2 is 2.22 bits per heavy atom. The molecule has 0 spiro atoms. The van der Waals surface area contributed by atoms with Gasteiger partial charge in [0.2, 0.25) is 0 Å². The first-order valence-electron chi connectivity index (χ1n) is 6.53. The second-order valence-corrected chi connectivity index (χ2v) is 4.81. The van der Waals surface area contributed by atoms with Gasteiger partial charge in [-0.2, -0.15) is 0 Å². The smallest absolute Gasteiger partial charge is 0.326 e. The predicted octanol–water partition coefficient (Wildman–Crippen LogP) is 2.40. The van der Waals surface area contributed by atoms with Crippen molar-refractivity contribution in [3.63, 3.8) is 0 Å². The van der Waals surface area contributed by atoms with Gasteiger partial charge < -0.3 is 10.1 Å². The maximum Gasteiger partial charge on any atom is 0.326 e.